The highest BCUT2D eigenvalue weighted by Crippen LogP contribution is 2.36. The lowest BCUT2D eigenvalue weighted by atomic mass is 10.1. The van der Waals surface area contributed by atoms with Gasteiger partial charge in [-0.1, -0.05) is 6.07 Å². The predicted molar refractivity (Wildman–Crippen MR) is 94.3 cm³/mol. The molecular formula is C19H13FN4O2. The zero-order chi connectivity index (χ0) is 18.1. The zero-order valence-corrected chi connectivity index (χ0v) is 13.4. The van der Waals surface area contributed by atoms with Crippen molar-refractivity contribution < 1.29 is 13.9 Å². The summed E-state index contributed by atoms with van der Waals surface area (Å²) >= 11 is 0. The van der Waals surface area contributed by atoms with E-state index in [0.29, 0.717) is 16.8 Å². The minimum atomic E-state index is -0.703. The second-order valence-corrected chi connectivity index (χ2v) is 5.59. The van der Waals surface area contributed by atoms with Crippen LogP contribution in [0.25, 0.3) is 22.2 Å². The molecule has 0 atom stereocenters. The molecule has 128 valence electrons. The van der Waals surface area contributed by atoms with Gasteiger partial charge >= 0.3 is 0 Å². The van der Waals surface area contributed by atoms with E-state index in [4.69, 9.17) is 10.5 Å². The standard InChI is InChI=1S/C19H13FN4O2/c20-14-8-11(18(21)25)3-4-15(14)26-16-5-7-23-19-17(16)13(10-24-19)12-2-1-6-22-9-12/h1-10H,(H2,21,25)(H,23,24). The van der Waals surface area contributed by atoms with Crippen molar-refractivity contribution in [3.8, 4) is 22.6 Å². The molecule has 3 aromatic heterocycles. The summed E-state index contributed by atoms with van der Waals surface area (Å²) in [7, 11) is 0. The molecule has 0 saturated heterocycles. The third kappa shape index (κ3) is 2.75. The van der Waals surface area contributed by atoms with E-state index in [1.807, 2.05) is 12.1 Å². The molecule has 1 aromatic carbocycles. The maximum Gasteiger partial charge on any atom is 0.248 e. The molecule has 0 aliphatic rings. The summed E-state index contributed by atoms with van der Waals surface area (Å²) in [4.78, 5) is 22.6. The molecule has 0 saturated carbocycles. The van der Waals surface area contributed by atoms with Gasteiger partial charge in [0.2, 0.25) is 5.91 Å². The first kappa shape index (κ1) is 15.8. The van der Waals surface area contributed by atoms with E-state index in [0.717, 1.165) is 17.2 Å². The van der Waals surface area contributed by atoms with Crippen LogP contribution in [-0.2, 0) is 0 Å². The van der Waals surface area contributed by atoms with Crippen molar-refractivity contribution in [2.75, 3.05) is 0 Å². The van der Waals surface area contributed by atoms with Crippen LogP contribution < -0.4 is 10.5 Å². The molecule has 4 aromatic rings. The Labute approximate surface area is 147 Å². The molecule has 4 rings (SSSR count). The smallest absolute Gasteiger partial charge is 0.248 e. The number of nitrogens with one attached hydrogen (secondary N) is 1. The summed E-state index contributed by atoms with van der Waals surface area (Å²) in [5.41, 5.74) is 7.56. The first-order valence-electron chi connectivity index (χ1n) is 7.77. The van der Waals surface area contributed by atoms with Gasteiger partial charge in [-0.05, 0) is 30.3 Å². The van der Waals surface area contributed by atoms with Crippen LogP contribution in [0.1, 0.15) is 10.4 Å². The number of nitrogens with two attached hydrogens (primary N) is 1. The van der Waals surface area contributed by atoms with Crippen molar-refractivity contribution in [3.05, 3.63) is 72.6 Å². The number of rotatable bonds is 4. The summed E-state index contributed by atoms with van der Waals surface area (Å²) in [6, 6.07) is 9.23. The third-order valence-electron chi connectivity index (χ3n) is 3.94. The van der Waals surface area contributed by atoms with Crippen molar-refractivity contribution in [2.24, 2.45) is 5.73 Å². The quantitative estimate of drug-likeness (QED) is 0.588. The molecule has 0 aliphatic carbocycles. The van der Waals surface area contributed by atoms with Gasteiger partial charge < -0.3 is 15.5 Å². The monoisotopic (exact) mass is 348 g/mol. The average molecular weight is 348 g/mol. The van der Waals surface area contributed by atoms with E-state index in [1.54, 1.807) is 30.9 Å². The van der Waals surface area contributed by atoms with E-state index < -0.39 is 11.7 Å². The second-order valence-electron chi connectivity index (χ2n) is 5.59. The number of carbonyl (C=O) groups excluding carboxylic acids is 1. The van der Waals surface area contributed by atoms with E-state index in [-0.39, 0.29) is 11.3 Å². The number of ether oxygens (including phenoxy) is 1. The molecule has 0 unspecified atom stereocenters. The van der Waals surface area contributed by atoms with Gasteiger partial charge in [-0.3, -0.25) is 9.78 Å². The molecule has 0 spiro atoms. The molecule has 7 heteroatoms. The highest BCUT2D eigenvalue weighted by molar-refractivity contribution is 5.98. The SMILES string of the molecule is NC(=O)c1ccc(Oc2ccnc3[nH]cc(-c4cccnc4)c23)c(F)c1. The summed E-state index contributed by atoms with van der Waals surface area (Å²) in [5.74, 6) is -0.961. The number of fused-ring (bicyclic) bond motifs is 1. The van der Waals surface area contributed by atoms with Crippen molar-refractivity contribution >= 4 is 16.9 Å². The van der Waals surface area contributed by atoms with E-state index in [9.17, 15) is 9.18 Å². The molecule has 3 N–H and O–H groups in total. The Morgan fingerprint density at radius 3 is 2.77 bits per heavy atom. The minimum Gasteiger partial charge on any atom is -0.453 e. The first-order chi connectivity index (χ1) is 12.6. The summed E-state index contributed by atoms with van der Waals surface area (Å²) in [5, 5.41) is 0.707. The van der Waals surface area contributed by atoms with Crippen LogP contribution in [0.2, 0.25) is 0 Å². The van der Waals surface area contributed by atoms with Crippen LogP contribution in [0.4, 0.5) is 4.39 Å². The number of pyridine rings is 2. The number of amides is 1. The number of halogens is 1. The molecule has 0 bridgehead atoms. The van der Waals surface area contributed by atoms with Gasteiger partial charge in [0.1, 0.15) is 11.4 Å². The third-order valence-corrected chi connectivity index (χ3v) is 3.94. The fourth-order valence-electron chi connectivity index (χ4n) is 2.72. The van der Waals surface area contributed by atoms with Gasteiger partial charge in [0.25, 0.3) is 0 Å². The van der Waals surface area contributed by atoms with Crippen LogP contribution >= 0.6 is 0 Å². The van der Waals surface area contributed by atoms with Crippen LogP contribution in [0.5, 0.6) is 11.5 Å². The summed E-state index contributed by atoms with van der Waals surface area (Å²) < 4.78 is 20.0. The van der Waals surface area contributed by atoms with Gasteiger partial charge in [0.05, 0.1) is 5.39 Å². The number of benzene rings is 1. The van der Waals surface area contributed by atoms with Gasteiger partial charge in [0, 0.05) is 41.5 Å². The van der Waals surface area contributed by atoms with Crippen LogP contribution in [0, 0.1) is 5.82 Å². The highest BCUT2D eigenvalue weighted by atomic mass is 19.1. The topological polar surface area (TPSA) is 93.9 Å². The molecule has 6 nitrogen and oxygen atoms in total. The molecule has 1 amide bonds. The summed E-state index contributed by atoms with van der Waals surface area (Å²) in [6.45, 7) is 0. The Hall–Kier alpha value is -3.74. The van der Waals surface area contributed by atoms with Crippen LogP contribution in [0.15, 0.2) is 61.2 Å². The van der Waals surface area contributed by atoms with Crippen molar-refractivity contribution in [1.29, 1.82) is 0 Å². The average Bonchev–Trinajstić information content (AvgIpc) is 3.09. The van der Waals surface area contributed by atoms with Crippen molar-refractivity contribution in [1.82, 2.24) is 15.0 Å². The number of aromatic nitrogens is 3. The lowest BCUT2D eigenvalue weighted by molar-refractivity contribution is 0.1000. The maximum absolute atomic E-state index is 14.3. The Morgan fingerprint density at radius 1 is 1.15 bits per heavy atom. The Bertz CT molecular complexity index is 1110. The van der Waals surface area contributed by atoms with Crippen molar-refractivity contribution in [3.63, 3.8) is 0 Å². The predicted octanol–water partition coefficient (Wildman–Crippen LogP) is 3.66. The van der Waals surface area contributed by atoms with Crippen LogP contribution in [-0.4, -0.2) is 20.9 Å². The van der Waals surface area contributed by atoms with Gasteiger partial charge in [0.15, 0.2) is 11.6 Å². The molecule has 26 heavy (non-hydrogen) atoms. The number of aromatic amines is 1. The Kier molecular flexibility index (Phi) is 3.81. The fourth-order valence-corrected chi connectivity index (χ4v) is 2.72. The number of primary amides is 1. The number of hydrogen-bond acceptors (Lipinski definition) is 4. The highest BCUT2D eigenvalue weighted by Gasteiger charge is 2.15. The lowest BCUT2D eigenvalue weighted by Crippen LogP contribution is -2.11. The van der Waals surface area contributed by atoms with E-state index in [1.165, 1.54) is 12.1 Å². The Morgan fingerprint density at radius 2 is 2.04 bits per heavy atom. The largest absolute Gasteiger partial charge is 0.453 e. The van der Waals surface area contributed by atoms with E-state index >= 15 is 0 Å². The van der Waals surface area contributed by atoms with Gasteiger partial charge in [-0.2, -0.15) is 0 Å². The first-order valence-corrected chi connectivity index (χ1v) is 7.77. The molecule has 0 fully saturated rings. The normalized spacial score (nSPS) is 10.8. The molecular weight excluding hydrogens is 335 g/mol. The Balaban J connectivity index is 1.80. The van der Waals surface area contributed by atoms with E-state index in [2.05, 4.69) is 15.0 Å². The minimum absolute atomic E-state index is 0.0131. The maximum atomic E-state index is 14.3. The molecule has 0 radical (unpaired) electrons. The summed E-state index contributed by atoms with van der Waals surface area (Å²) in [6.07, 6.45) is 6.77. The fraction of sp³-hybridized carbons (Fsp3) is 0. The zero-order valence-electron chi connectivity index (χ0n) is 13.4. The molecule has 3 heterocycles. The second kappa shape index (κ2) is 6.29. The molecule has 0 aliphatic heterocycles. The van der Waals surface area contributed by atoms with Crippen LogP contribution in [0.3, 0.4) is 0 Å². The number of carbonyl (C=O) groups is 1. The lowest BCUT2D eigenvalue weighted by Gasteiger charge is -2.10. The van der Waals surface area contributed by atoms with Gasteiger partial charge in [-0.25, -0.2) is 9.37 Å². The van der Waals surface area contributed by atoms with Crippen molar-refractivity contribution in [2.45, 2.75) is 0 Å². The number of H-pyrrole nitrogens is 1. The number of hydrogen-bond donors (Lipinski definition) is 2. The van der Waals surface area contributed by atoms with Gasteiger partial charge in [-0.15, -0.1) is 0 Å². The number of nitrogens with zero attached hydrogens (tertiary/aromatic N) is 2.